The average molecular weight is 417 g/mol. The molecule has 1 amide bonds. The van der Waals surface area contributed by atoms with Gasteiger partial charge in [0.05, 0.1) is 5.69 Å². The molecule has 2 saturated heterocycles. The molecule has 0 radical (unpaired) electrons. The first-order chi connectivity index (χ1) is 14.2. The highest BCUT2D eigenvalue weighted by molar-refractivity contribution is 5.68. The third kappa shape index (κ3) is 4.84. The van der Waals surface area contributed by atoms with Gasteiger partial charge in [0.25, 0.3) is 0 Å². The number of aromatic nitrogens is 2. The number of amides is 1. The molecule has 1 aliphatic carbocycles. The van der Waals surface area contributed by atoms with E-state index in [0.717, 1.165) is 39.0 Å². The maximum Gasteiger partial charge on any atom is 0.410 e. The molecule has 3 aliphatic rings. The predicted octanol–water partition coefficient (Wildman–Crippen LogP) is 4.54. The van der Waals surface area contributed by atoms with Crippen LogP contribution < -0.4 is 0 Å². The van der Waals surface area contributed by atoms with Crippen LogP contribution in [0.1, 0.15) is 90.1 Å². The Hall–Kier alpha value is -1.56. The molecule has 0 spiro atoms. The van der Waals surface area contributed by atoms with Crippen LogP contribution >= 0.6 is 0 Å². The summed E-state index contributed by atoms with van der Waals surface area (Å²) in [6, 6.07) is 0. The van der Waals surface area contributed by atoms with Gasteiger partial charge in [-0.05, 0) is 72.4 Å². The fraction of sp³-hybridized carbons (Fsp3) is 0.833. The normalized spacial score (nSPS) is 22.9. The molecule has 4 rings (SSSR count). The molecule has 2 aliphatic heterocycles. The summed E-state index contributed by atoms with van der Waals surface area (Å²) < 4.78 is 8.02. The van der Waals surface area contributed by atoms with Crippen LogP contribution in [0.25, 0.3) is 0 Å². The van der Waals surface area contributed by atoms with Crippen molar-refractivity contribution < 1.29 is 9.53 Å². The Morgan fingerprint density at radius 2 is 1.77 bits per heavy atom. The second kappa shape index (κ2) is 8.52. The molecular formula is C24H40N4O2. The van der Waals surface area contributed by atoms with E-state index in [0.29, 0.717) is 5.92 Å². The molecule has 3 heterocycles. The number of likely N-dealkylation sites (tertiary alicyclic amines) is 2. The summed E-state index contributed by atoms with van der Waals surface area (Å²) in [4.78, 5) is 22.1. The highest BCUT2D eigenvalue weighted by Crippen LogP contribution is 2.43. The van der Waals surface area contributed by atoms with Gasteiger partial charge in [0, 0.05) is 43.7 Å². The standard InChI is InChI=1S/C24H40N4O2/c1-23(2,3)30-22(29)27-14-8-19(9-15-27)21-25-20(24(4)10-7-11-24)18-28(21)17-16-26-12-5-6-13-26/h18-19H,5-17H2,1-4H3. The fourth-order valence-electron chi connectivity index (χ4n) is 5.09. The van der Waals surface area contributed by atoms with Gasteiger partial charge in [0.2, 0.25) is 0 Å². The van der Waals surface area contributed by atoms with E-state index in [2.05, 4.69) is 22.6 Å². The van der Waals surface area contributed by atoms with Gasteiger partial charge in [-0.2, -0.15) is 0 Å². The molecule has 0 unspecified atom stereocenters. The summed E-state index contributed by atoms with van der Waals surface area (Å²) in [7, 11) is 0. The van der Waals surface area contributed by atoms with Crippen LogP contribution in [0.3, 0.4) is 0 Å². The number of nitrogens with zero attached hydrogens (tertiary/aromatic N) is 4. The van der Waals surface area contributed by atoms with Gasteiger partial charge in [-0.3, -0.25) is 0 Å². The summed E-state index contributed by atoms with van der Waals surface area (Å²) in [5, 5.41) is 0. The van der Waals surface area contributed by atoms with E-state index in [4.69, 9.17) is 9.72 Å². The molecule has 1 aromatic rings. The Kier molecular flexibility index (Phi) is 6.16. The van der Waals surface area contributed by atoms with E-state index < -0.39 is 5.60 Å². The van der Waals surface area contributed by atoms with Crippen molar-refractivity contribution in [3.05, 3.63) is 17.7 Å². The Labute approximate surface area is 182 Å². The van der Waals surface area contributed by atoms with Gasteiger partial charge >= 0.3 is 6.09 Å². The monoisotopic (exact) mass is 416 g/mol. The van der Waals surface area contributed by atoms with Gasteiger partial charge in [0.15, 0.2) is 0 Å². The topological polar surface area (TPSA) is 50.6 Å². The molecule has 0 N–H and O–H groups in total. The Morgan fingerprint density at radius 1 is 1.10 bits per heavy atom. The number of hydrogen-bond acceptors (Lipinski definition) is 4. The molecule has 6 heteroatoms. The van der Waals surface area contributed by atoms with E-state index in [1.54, 1.807) is 0 Å². The molecule has 168 valence electrons. The summed E-state index contributed by atoms with van der Waals surface area (Å²) in [6.45, 7) is 14.3. The van der Waals surface area contributed by atoms with E-state index in [-0.39, 0.29) is 11.5 Å². The third-order valence-corrected chi connectivity index (χ3v) is 7.25. The number of carbonyl (C=O) groups is 1. The lowest BCUT2D eigenvalue weighted by atomic mass is 9.68. The van der Waals surface area contributed by atoms with Crippen molar-refractivity contribution in [1.82, 2.24) is 19.4 Å². The van der Waals surface area contributed by atoms with Crippen molar-refractivity contribution in [2.75, 3.05) is 32.7 Å². The van der Waals surface area contributed by atoms with Gasteiger partial charge in [-0.15, -0.1) is 0 Å². The van der Waals surface area contributed by atoms with Crippen LogP contribution in [0.5, 0.6) is 0 Å². The molecule has 1 saturated carbocycles. The van der Waals surface area contributed by atoms with Crippen LogP contribution in [-0.4, -0.2) is 63.8 Å². The Balaban J connectivity index is 1.43. The van der Waals surface area contributed by atoms with Crippen molar-refractivity contribution in [3.63, 3.8) is 0 Å². The van der Waals surface area contributed by atoms with Crippen molar-refractivity contribution in [3.8, 4) is 0 Å². The summed E-state index contributed by atoms with van der Waals surface area (Å²) in [5.74, 6) is 1.68. The molecular weight excluding hydrogens is 376 g/mol. The van der Waals surface area contributed by atoms with Crippen molar-refractivity contribution in [2.45, 2.75) is 96.1 Å². The van der Waals surface area contributed by atoms with Crippen LogP contribution in [0.2, 0.25) is 0 Å². The fourth-order valence-corrected chi connectivity index (χ4v) is 5.09. The lowest BCUT2D eigenvalue weighted by Gasteiger charge is -2.36. The Bertz CT molecular complexity index is 733. The third-order valence-electron chi connectivity index (χ3n) is 7.25. The summed E-state index contributed by atoms with van der Waals surface area (Å²) in [6.07, 6.45) is 10.6. The minimum absolute atomic E-state index is 0.180. The smallest absolute Gasteiger partial charge is 0.410 e. The summed E-state index contributed by atoms with van der Waals surface area (Å²) >= 11 is 0. The number of hydrogen-bond donors (Lipinski definition) is 0. The second-order valence-electron chi connectivity index (χ2n) is 10.9. The molecule has 6 nitrogen and oxygen atoms in total. The highest BCUT2D eigenvalue weighted by Gasteiger charge is 2.37. The van der Waals surface area contributed by atoms with Gasteiger partial charge in [-0.1, -0.05) is 13.3 Å². The van der Waals surface area contributed by atoms with Crippen molar-refractivity contribution in [1.29, 1.82) is 0 Å². The number of ether oxygens (including phenoxy) is 1. The number of rotatable bonds is 5. The lowest BCUT2D eigenvalue weighted by Crippen LogP contribution is -2.41. The van der Waals surface area contributed by atoms with Gasteiger partial charge in [-0.25, -0.2) is 9.78 Å². The average Bonchev–Trinajstić information content (AvgIpc) is 3.33. The molecule has 30 heavy (non-hydrogen) atoms. The zero-order valence-electron chi connectivity index (χ0n) is 19.5. The van der Waals surface area contributed by atoms with Gasteiger partial charge in [0.1, 0.15) is 11.4 Å². The van der Waals surface area contributed by atoms with Gasteiger partial charge < -0.3 is 19.1 Å². The molecule has 1 aromatic heterocycles. The summed E-state index contributed by atoms with van der Waals surface area (Å²) in [5.41, 5.74) is 1.12. The molecule has 0 bridgehead atoms. The maximum absolute atomic E-state index is 12.4. The van der Waals surface area contributed by atoms with Crippen molar-refractivity contribution in [2.24, 2.45) is 0 Å². The van der Waals surface area contributed by atoms with E-state index in [9.17, 15) is 4.79 Å². The maximum atomic E-state index is 12.4. The first-order valence-electron chi connectivity index (χ1n) is 12.0. The minimum Gasteiger partial charge on any atom is -0.444 e. The largest absolute Gasteiger partial charge is 0.444 e. The van der Waals surface area contributed by atoms with Crippen molar-refractivity contribution >= 4 is 6.09 Å². The first-order valence-corrected chi connectivity index (χ1v) is 12.0. The number of imidazole rings is 1. The minimum atomic E-state index is -0.438. The highest BCUT2D eigenvalue weighted by atomic mass is 16.6. The zero-order valence-corrected chi connectivity index (χ0v) is 19.5. The lowest BCUT2D eigenvalue weighted by molar-refractivity contribution is 0.0202. The SMILES string of the molecule is CC(C)(C)OC(=O)N1CCC(c2nc(C3(C)CCC3)cn2CCN2CCCC2)CC1. The second-order valence-corrected chi connectivity index (χ2v) is 10.9. The molecule has 0 aromatic carbocycles. The van der Waals surface area contributed by atoms with Crippen LogP contribution in [0.4, 0.5) is 4.79 Å². The number of carbonyl (C=O) groups excluding carboxylic acids is 1. The van der Waals surface area contributed by atoms with Crippen LogP contribution in [0, 0.1) is 0 Å². The van der Waals surface area contributed by atoms with E-state index in [1.165, 1.54) is 56.7 Å². The van der Waals surface area contributed by atoms with Crippen LogP contribution in [-0.2, 0) is 16.7 Å². The van der Waals surface area contributed by atoms with E-state index >= 15 is 0 Å². The zero-order chi connectivity index (χ0) is 21.4. The molecule has 0 atom stereocenters. The Morgan fingerprint density at radius 3 is 2.33 bits per heavy atom. The van der Waals surface area contributed by atoms with Crippen LogP contribution in [0.15, 0.2) is 6.20 Å². The van der Waals surface area contributed by atoms with E-state index in [1.807, 2.05) is 25.7 Å². The molecule has 3 fully saturated rings. The first kappa shape index (κ1) is 21.7. The number of piperidine rings is 1. The predicted molar refractivity (Wildman–Crippen MR) is 119 cm³/mol. The quantitative estimate of drug-likeness (QED) is 0.707.